The van der Waals surface area contributed by atoms with Crippen molar-refractivity contribution in [3.63, 3.8) is 0 Å². The van der Waals surface area contributed by atoms with Gasteiger partial charge in [-0.15, -0.1) is 12.4 Å². The van der Waals surface area contributed by atoms with Crippen molar-refractivity contribution in [2.24, 2.45) is 0 Å². The molecule has 0 saturated carbocycles. The first kappa shape index (κ1) is 18.6. The molecule has 0 radical (unpaired) electrons. The fourth-order valence-corrected chi connectivity index (χ4v) is 3.09. The van der Waals surface area contributed by atoms with Crippen molar-refractivity contribution in [2.75, 3.05) is 34.4 Å². The third-order valence-electron chi connectivity index (χ3n) is 3.94. The Bertz CT molecular complexity index is 452. The normalized spacial score (nSPS) is 16.4. The predicted octanol–water partition coefficient (Wildman–Crippen LogP) is 3.07. The fraction of sp³-hybridized carbons (Fsp3) is 0.600. The lowest BCUT2D eigenvalue weighted by atomic mass is 10.0. The molecule has 0 atom stereocenters. The molecule has 0 spiro atoms. The summed E-state index contributed by atoms with van der Waals surface area (Å²) in [5.74, 6) is 1.55. The van der Waals surface area contributed by atoms with Crippen molar-refractivity contribution in [1.29, 1.82) is 0 Å². The minimum absolute atomic E-state index is 0. The van der Waals surface area contributed by atoms with Crippen molar-refractivity contribution in [1.82, 2.24) is 10.2 Å². The molecule has 2 rings (SSSR count). The summed E-state index contributed by atoms with van der Waals surface area (Å²) < 4.78 is 11.8. The predicted molar refractivity (Wildman–Crippen MR) is 91.9 cm³/mol. The number of hydrogen-bond donors (Lipinski definition) is 1. The van der Waals surface area contributed by atoms with Gasteiger partial charge in [0.2, 0.25) is 0 Å². The van der Waals surface area contributed by atoms with Gasteiger partial charge in [0.15, 0.2) is 11.5 Å². The molecule has 0 unspecified atom stereocenters. The van der Waals surface area contributed by atoms with E-state index in [1.54, 1.807) is 14.2 Å². The Labute approximate surface area is 141 Å². The highest BCUT2D eigenvalue weighted by atomic mass is 79.9. The number of ether oxygens (including phenoxy) is 2. The molecule has 0 bridgehead atoms. The van der Waals surface area contributed by atoms with Crippen molar-refractivity contribution in [3.05, 3.63) is 22.2 Å². The lowest BCUT2D eigenvalue weighted by Crippen LogP contribution is -2.40. The third kappa shape index (κ3) is 4.74. The lowest BCUT2D eigenvalue weighted by molar-refractivity contribution is 0.194. The van der Waals surface area contributed by atoms with Gasteiger partial charge in [0.25, 0.3) is 0 Å². The quantitative estimate of drug-likeness (QED) is 0.852. The number of halogens is 2. The van der Waals surface area contributed by atoms with Crippen LogP contribution in [0.4, 0.5) is 0 Å². The van der Waals surface area contributed by atoms with E-state index in [2.05, 4.69) is 32.2 Å². The molecule has 1 aromatic carbocycles. The van der Waals surface area contributed by atoms with Gasteiger partial charge in [0.05, 0.1) is 14.2 Å². The summed E-state index contributed by atoms with van der Waals surface area (Å²) in [6.07, 6.45) is 2.42. The van der Waals surface area contributed by atoms with Gasteiger partial charge >= 0.3 is 0 Å². The summed E-state index contributed by atoms with van der Waals surface area (Å²) in [6, 6.07) is 4.71. The van der Waals surface area contributed by atoms with Crippen LogP contribution >= 0.6 is 28.3 Å². The summed E-state index contributed by atoms with van der Waals surface area (Å²) in [7, 11) is 5.38. The molecule has 120 valence electrons. The maximum atomic E-state index is 5.38. The van der Waals surface area contributed by atoms with Crippen LogP contribution in [0, 0.1) is 0 Å². The third-order valence-corrected chi connectivity index (χ3v) is 4.68. The molecule has 0 amide bonds. The Hall–Kier alpha value is -0.490. The van der Waals surface area contributed by atoms with Gasteiger partial charge in [-0.1, -0.05) is 15.9 Å². The van der Waals surface area contributed by atoms with Crippen LogP contribution < -0.4 is 14.8 Å². The molecule has 21 heavy (non-hydrogen) atoms. The number of rotatable bonds is 5. The first-order chi connectivity index (χ1) is 9.67. The van der Waals surface area contributed by atoms with E-state index in [9.17, 15) is 0 Å². The van der Waals surface area contributed by atoms with E-state index in [1.165, 1.54) is 18.4 Å². The molecule has 4 nitrogen and oxygen atoms in total. The van der Waals surface area contributed by atoms with Crippen LogP contribution in [0.1, 0.15) is 18.4 Å². The molecule has 1 saturated heterocycles. The van der Waals surface area contributed by atoms with Crippen molar-refractivity contribution >= 4 is 28.3 Å². The number of nitrogens with one attached hydrogen (secondary N) is 1. The number of likely N-dealkylation sites (tertiary alicyclic amines) is 1. The number of benzene rings is 1. The highest BCUT2D eigenvalue weighted by molar-refractivity contribution is 9.10. The average molecular weight is 380 g/mol. The molecule has 1 aliphatic heterocycles. The smallest absolute Gasteiger partial charge is 0.161 e. The first-order valence-electron chi connectivity index (χ1n) is 6.98. The minimum Gasteiger partial charge on any atom is -0.493 e. The van der Waals surface area contributed by atoms with E-state index in [4.69, 9.17) is 9.47 Å². The highest BCUT2D eigenvalue weighted by Gasteiger charge is 2.19. The molecule has 1 aromatic rings. The monoisotopic (exact) mass is 378 g/mol. The SMILES string of the molecule is CNC1CCN(Cc2cc(OC)c(OC)cc2Br)CC1.Cl. The van der Waals surface area contributed by atoms with Crippen LogP contribution in [0.25, 0.3) is 0 Å². The zero-order valence-electron chi connectivity index (χ0n) is 12.8. The zero-order chi connectivity index (χ0) is 14.5. The van der Waals surface area contributed by atoms with Gasteiger partial charge in [-0.3, -0.25) is 4.90 Å². The Balaban J connectivity index is 0.00000220. The van der Waals surface area contributed by atoms with E-state index < -0.39 is 0 Å². The highest BCUT2D eigenvalue weighted by Crippen LogP contribution is 2.34. The molecule has 0 aromatic heterocycles. The van der Waals surface area contributed by atoms with Crippen LogP contribution in [0.2, 0.25) is 0 Å². The van der Waals surface area contributed by atoms with Crippen molar-refractivity contribution in [2.45, 2.75) is 25.4 Å². The number of nitrogens with zero attached hydrogens (tertiary/aromatic N) is 1. The van der Waals surface area contributed by atoms with Gasteiger partial charge in [0, 0.05) is 17.1 Å². The van der Waals surface area contributed by atoms with Crippen molar-refractivity contribution in [3.8, 4) is 11.5 Å². The molecule has 6 heteroatoms. The molecular weight excluding hydrogens is 356 g/mol. The van der Waals surface area contributed by atoms with Gasteiger partial charge in [-0.05, 0) is 50.7 Å². The summed E-state index contributed by atoms with van der Waals surface area (Å²) in [5.41, 5.74) is 1.24. The van der Waals surface area contributed by atoms with E-state index in [-0.39, 0.29) is 12.4 Å². The number of piperidine rings is 1. The van der Waals surface area contributed by atoms with Crippen LogP contribution in [0.15, 0.2) is 16.6 Å². The largest absolute Gasteiger partial charge is 0.493 e. The van der Waals surface area contributed by atoms with E-state index in [0.717, 1.165) is 35.6 Å². The topological polar surface area (TPSA) is 33.7 Å². The molecule has 1 fully saturated rings. The molecule has 0 aliphatic carbocycles. The minimum atomic E-state index is 0. The number of hydrogen-bond acceptors (Lipinski definition) is 4. The maximum Gasteiger partial charge on any atom is 0.161 e. The van der Waals surface area contributed by atoms with E-state index >= 15 is 0 Å². The van der Waals surface area contributed by atoms with Crippen LogP contribution in [-0.2, 0) is 6.54 Å². The summed E-state index contributed by atoms with van der Waals surface area (Å²) in [4.78, 5) is 2.49. The molecule has 1 heterocycles. The summed E-state index contributed by atoms with van der Waals surface area (Å²) in [5, 5.41) is 3.36. The van der Waals surface area contributed by atoms with Crippen LogP contribution in [0.3, 0.4) is 0 Å². The van der Waals surface area contributed by atoms with Gasteiger partial charge in [0.1, 0.15) is 0 Å². The van der Waals surface area contributed by atoms with Gasteiger partial charge in [-0.2, -0.15) is 0 Å². The van der Waals surface area contributed by atoms with Gasteiger partial charge in [-0.25, -0.2) is 0 Å². The fourth-order valence-electron chi connectivity index (χ4n) is 2.64. The van der Waals surface area contributed by atoms with Crippen LogP contribution in [-0.4, -0.2) is 45.3 Å². The first-order valence-corrected chi connectivity index (χ1v) is 7.77. The van der Waals surface area contributed by atoms with Gasteiger partial charge < -0.3 is 14.8 Å². The number of methoxy groups -OCH3 is 2. The molecular formula is C15H24BrClN2O2. The van der Waals surface area contributed by atoms with Crippen molar-refractivity contribution < 1.29 is 9.47 Å². The summed E-state index contributed by atoms with van der Waals surface area (Å²) in [6.45, 7) is 3.20. The zero-order valence-corrected chi connectivity index (χ0v) is 15.2. The summed E-state index contributed by atoms with van der Waals surface area (Å²) >= 11 is 3.63. The standard InChI is InChI=1S/C15H23BrN2O2.ClH/c1-17-12-4-6-18(7-5-12)10-11-8-14(19-2)15(20-3)9-13(11)16;/h8-9,12,17H,4-7,10H2,1-3H3;1H. The Morgan fingerprint density at radius 2 is 1.76 bits per heavy atom. The lowest BCUT2D eigenvalue weighted by Gasteiger charge is -2.32. The second-order valence-electron chi connectivity index (χ2n) is 5.14. The molecule has 1 aliphatic rings. The van der Waals surface area contributed by atoms with E-state index in [0.29, 0.717) is 6.04 Å². The van der Waals surface area contributed by atoms with Crippen LogP contribution in [0.5, 0.6) is 11.5 Å². The maximum absolute atomic E-state index is 5.38. The Kier molecular flexibility index (Phi) is 7.81. The second-order valence-corrected chi connectivity index (χ2v) is 5.99. The molecule has 1 N–H and O–H groups in total. The van der Waals surface area contributed by atoms with E-state index in [1.807, 2.05) is 13.1 Å². The Morgan fingerprint density at radius 3 is 2.29 bits per heavy atom. The average Bonchev–Trinajstić information content (AvgIpc) is 2.49. The second kappa shape index (κ2) is 8.83. The Morgan fingerprint density at radius 1 is 1.19 bits per heavy atom.